The number of rotatable bonds is 4. The van der Waals surface area contributed by atoms with Crippen molar-refractivity contribution in [2.24, 2.45) is 5.92 Å². The van der Waals surface area contributed by atoms with E-state index in [1.807, 2.05) is 17.0 Å². The average Bonchev–Trinajstić information content (AvgIpc) is 2.64. The topological polar surface area (TPSA) is 26.8 Å². The molecule has 25 heavy (non-hydrogen) atoms. The van der Waals surface area contributed by atoms with Gasteiger partial charge < -0.3 is 9.80 Å². The number of likely N-dealkylation sites (tertiary alicyclic amines) is 1. The quantitative estimate of drug-likeness (QED) is 0.841. The van der Waals surface area contributed by atoms with E-state index in [1.54, 1.807) is 0 Å². The maximum Gasteiger partial charge on any atom is 0.253 e. The molecule has 0 spiro atoms. The van der Waals surface area contributed by atoms with Crippen LogP contribution in [-0.4, -0.2) is 73.0 Å². The molecule has 0 radical (unpaired) electrons. The molecule has 1 aromatic rings. The molecule has 138 valence electrons. The lowest BCUT2D eigenvalue weighted by atomic mass is 9.94. The highest BCUT2D eigenvalue weighted by Crippen LogP contribution is 2.22. The SMILES string of the molecule is CCc1ccc(C(=O)N2CCC(CN3CCN(C)C[C@H]3C)CC2)cc1. The molecule has 0 unspecified atom stereocenters. The molecule has 2 saturated heterocycles. The first-order valence-electron chi connectivity index (χ1n) is 9.87. The van der Waals surface area contributed by atoms with Gasteiger partial charge in [-0.3, -0.25) is 9.69 Å². The molecular formula is C21H33N3O. The molecule has 1 atom stereocenters. The molecule has 0 aromatic heterocycles. The lowest BCUT2D eigenvalue weighted by Gasteiger charge is -2.41. The fraction of sp³-hybridized carbons (Fsp3) is 0.667. The third kappa shape index (κ3) is 4.62. The largest absolute Gasteiger partial charge is 0.339 e. The molecule has 0 bridgehead atoms. The molecule has 0 N–H and O–H groups in total. The second kappa shape index (κ2) is 8.33. The van der Waals surface area contributed by atoms with Crippen LogP contribution >= 0.6 is 0 Å². The van der Waals surface area contributed by atoms with Gasteiger partial charge in [-0.1, -0.05) is 19.1 Å². The first-order chi connectivity index (χ1) is 12.1. The lowest BCUT2D eigenvalue weighted by Crippen LogP contribution is -2.52. The molecule has 2 fully saturated rings. The number of likely N-dealkylation sites (N-methyl/N-ethyl adjacent to an activating group) is 1. The van der Waals surface area contributed by atoms with E-state index in [2.05, 4.69) is 42.8 Å². The van der Waals surface area contributed by atoms with Crippen LogP contribution < -0.4 is 0 Å². The van der Waals surface area contributed by atoms with Gasteiger partial charge in [-0.15, -0.1) is 0 Å². The second-order valence-corrected chi connectivity index (χ2v) is 7.89. The van der Waals surface area contributed by atoms with Crippen LogP contribution in [0.25, 0.3) is 0 Å². The number of piperazine rings is 1. The van der Waals surface area contributed by atoms with E-state index in [4.69, 9.17) is 0 Å². The Hall–Kier alpha value is -1.39. The Morgan fingerprint density at radius 1 is 1.08 bits per heavy atom. The van der Waals surface area contributed by atoms with Crippen LogP contribution in [0, 0.1) is 5.92 Å². The smallest absolute Gasteiger partial charge is 0.253 e. The monoisotopic (exact) mass is 343 g/mol. The summed E-state index contributed by atoms with van der Waals surface area (Å²) in [7, 11) is 2.21. The fourth-order valence-electron chi connectivity index (χ4n) is 4.16. The second-order valence-electron chi connectivity index (χ2n) is 7.89. The molecule has 2 heterocycles. The van der Waals surface area contributed by atoms with Crippen LogP contribution in [0.5, 0.6) is 0 Å². The zero-order valence-electron chi connectivity index (χ0n) is 16.1. The molecule has 2 aliphatic rings. The summed E-state index contributed by atoms with van der Waals surface area (Å²) in [5.41, 5.74) is 2.12. The first-order valence-corrected chi connectivity index (χ1v) is 9.87. The highest BCUT2D eigenvalue weighted by atomic mass is 16.2. The predicted molar refractivity (Wildman–Crippen MR) is 103 cm³/mol. The number of nitrogens with zero attached hydrogens (tertiary/aromatic N) is 3. The van der Waals surface area contributed by atoms with Crippen LogP contribution in [0.3, 0.4) is 0 Å². The first kappa shape index (κ1) is 18.4. The van der Waals surface area contributed by atoms with Gasteiger partial charge in [-0.05, 0) is 56.8 Å². The van der Waals surface area contributed by atoms with Gasteiger partial charge in [-0.25, -0.2) is 0 Å². The third-order valence-corrected chi connectivity index (χ3v) is 5.97. The number of carbonyl (C=O) groups excluding carboxylic acids is 1. The summed E-state index contributed by atoms with van der Waals surface area (Å²) in [5, 5.41) is 0. The van der Waals surface area contributed by atoms with Gasteiger partial charge in [0.1, 0.15) is 0 Å². The summed E-state index contributed by atoms with van der Waals surface area (Å²) < 4.78 is 0. The van der Waals surface area contributed by atoms with Crippen LogP contribution in [0.4, 0.5) is 0 Å². The summed E-state index contributed by atoms with van der Waals surface area (Å²) in [6, 6.07) is 8.78. The molecule has 0 saturated carbocycles. The van der Waals surface area contributed by atoms with Crippen molar-refractivity contribution in [2.75, 3.05) is 46.3 Å². The predicted octanol–water partition coefficient (Wildman–Crippen LogP) is 2.74. The number of aryl methyl sites for hydroxylation is 1. The van der Waals surface area contributed by atoms with Gasteiger partial charge in [0.15, 0.2) is 0 Å². The van der Waals surface area contributed by atoms with Gasteiger partial charge in [0.2, 0.25) is 0 Å². The maximum atomic E-state index is 12.7. The van der Waals surface area contributed by atoms with Crippen molar-refractivity contribution in [3.05, 3.63) is 35.4 Å². The lowest BCUT2D eigenvalue weighted by molar-refractivity contribution is 0.0556. The summed E-state index contributed by atoms with van der Waals surface area (Å²) in [5.74, 6) is 0.937. The third-order valence-electron chi connectivity index (χ3n) is 5.97. The number of hydrogen-bond acceptors (Lipinski definition) is 3. The molecule has 4 nitrogen and oxygen atoms in total. The van der Waals surface area contributed by atoms with E-state index in [0.717, 1.165) is 43.8 Å². The zero-order valence-corrected chi connectivity index (χ0v) is 16.1. The van der Waals surface area contributed by atoms with E-state index in [0.29, 0.717) is 6.04 Å². The number of piperidine rings is 1. The molecule has 1 amide bonds. The van der Waals surface area contributed by atoms with Crippen molar-refractivity contribution >= 4 is 5.91 Å². The van der Waals surface area contributed by atoms with E-state index < -0.39 is 0 Å². The van der Waals surface area contributed by atoms with Crippen LogP contribution in [-0.2, 0) is 6.42 Å². The van der Waals surface area contributed by atoms with Gasteiger partial charge in [0.05, 0.1) is 0 Å². The Morgan fingerprint density at radius 2 is 1.76 bits per heavy atom. The number of amides is 1. The Morgan fingerprint density at radius 3 is 2.36 bits per heavy atom. The number of hydrogen-bond donors (Lipinski definition) is 0. The molecule has 4 heteroatoms. The molecule has 1 aromatic carbocycles. The summed E-state index contributed by atoms with van der Waals surface area (Å²) in [6.07, 6.45) is 3.29. The van der Waals surface area contributed by atoms with E-state index in [-0.39, 0.29) is 5.91 Å². The Balaban J connectivity index is 1.48. The minimum absolute atomic E-state index is 0.203. The van der Waals surface area contributed by atoms with Crippen molar-refractivity contribution < 1.29 is 4.79 Å². The average molecular weight is 344 g/mol. The molecular weight excluding hydrogens is 310 g/mol. The summed E-state index contributed by atoms with van der Waals surface area (Å²) in [6.45, 7) is 11.0. The molecule has 0 aliphatic carbocycles. The van der Waals surface area contributed by atoms with Crippen molar-refractivity contribution in [3.63, 3.8) is 0 Å². The van der Waals surface area contributed by atoms with Gasteiger partial charge in [-0.2, -0.15) is 0 Å². The van der Waals surface area contributed by atoms with Crippen molar-refractivity contribution in [3.8, 4) is 0 Å². The van der Waals surface area contributed by atoms with Crippen LogP contribution in [0.1, 0.15) is 42.6 Å². The molecule has 2 aliphatic heterocycles. The highest BCUT2D eigenvalue weighted by Gasteiger charge is 2.28. The van der Waals surface area contributed by atoms with Crippen LogP contribution in [0.2, 0.25) is 0 Å². The van der Waals surface area contributed by atoms with Crippen molar-refractivity contribution in [1.29, 1.82) is 0 Å². The normalized spacial score (nSPS) is 23.8. The fourth-order valence-corrected chi connectivity index (χ4v) is 4.16. The highest BCUT2D eigenvalue weighted by molar-refractivity contribution is 5.94. The summed E-state index contributed by atoms with van der Waals surface area (Å²) in [4.78, 5) is 19.8. The van der Waals surface area contributed by atoms with Crippen molar-refractivity contribution in [1.82, 2.24) is 14.7 Å². The van der Waals surface area contributed by atoms with E-state index in [9.17, 15) is 4.79 Å². The van der Waals surface area contributed by atoms with Gasteiger partial charge in [0, 0.05) is 50.9 Å². The minimum atomic E-state index is 0.203. The minimum Gasteiger partial charge on any atom is -0.339 e. The Kier molecular flexibility index (Phi) is 6.13. The van der Waals surface area contributed by atoms with E-state index >= 15 is 0 Å². The summed E-state index contributed by atoms with van der Waals surface area (Å²) >= 11 is 0. The molecule has 3 rings (SSSR count). The maximum absolute atomic E-state index is 12.7. The van der Waals surface area contributed by atoms with E-state index in [1.165, 1.54) is 31.7 Å². The Bertz CT molecular complexity index is 563. The number of carbonyl (C=O) groups is 1. The van der Waals surface area contributed by atoms with Gasteiger partial charge in [0.25, 0.3) is 5.91 Å². The zero-order chi connectivity index (χ0) is 17.8. The Labute approximate surface area is 152 Å². The standard InChI is InChI=1S/C21H33N3O/c1-4-18-5-7-20(8-6-18)21(25)23-11-9-19(10-12-23)16-24-14-13-22(3)15-17(24)2/h5-8,17,19H,4,9-16H2,1-3H3/t17-/m1/s1. The van der Waals surface area contributed by atoms with Crippen LogP contribution in [0.15, 0.2) is 24.3 Å². The van der Waals surface area contributed by atoms with Gasteiger partial charge >= 0.3 is 0 Å². The number of benzene rings is 1. The van der Waals surface area contributed by atoms with Crippen molar-refractivity contribution in [2.45, 2.75) is 39.2 Å².